The molecule has 0 saturated carbocycles. The molecule has 33 heavy (non-hydrogen) atoms. The Hall–Kier alpha value is -3.47. The summed E-state index contributed by atoms with van der Waals surface area (Å²) in [6, 6.07) is 7.94. The van der Waals surface area contributed by atoms with Gasteiger partial charge >= 0.3 is 0 Å². The zero-order chi connectivity index (χ0) is 23.8. The van der Waals surface area contributed by atoms with Gasteiger partial charge in [-0.25, -0.2) is 9.67 Å². The molecule has 0 radical (unpaired) electrons. The number of ether oxygens (including phenoxy) is 1. The maximum Gasteiger partial charge on any atom is 0.284 e. The van der Waals surface area contributed by atoms with Crippen molar-refractivity contribution >= 4 is 38.5 Å². The third-order valence-electron chi connectivity index (χ3n) is 5.40. The molecule has 0 bridgehead atoms. The summed E-state index contributed by atoms with van der Waals surface area (Å²) in [4.78, 5) is 18.8. The predicted molar refractivity (Wildman–Crippen MR) is 125 cm³/mol. The number of nitrogens with one attached hydrogen (secondary N) is 1. The molecule has 1 amide bonds. The van der Waals surface area contributed by atoms with Gasteiger partial charge in [0, 0.05) is 38.4 Å². The topological polar surface area (TPSA) is 119 Å². The number of hydrogen-bond donors (Lipinski definition) is 1. The number of fused-ring (bicyclic) bond motifs is 1. The van der Waals surface area contributed by atoms with Crippen molar-refractivity contribution in [3.05, 3.63) is 41.6 Å². The molecule has 10 nitrogen and oxygen atoms in total. The van der Waals surface area contributed by atoms with Crippen LogP contribution in [0, 0.1) is 13.8 Å². The molecular formula is C22H26N6O4S. The van der Waals surface area contributed by atoms with Crippen LogP contribution in [0.4, 0.5) is 5.69 Å². The summed E-state index contributed by atoms with van der Waals surface area (Å²) >= 11 is 0. The zero-order valence-electron chi connectivity index (χ0n) is 19.0. The Morgan fingerprint density at radius 3 is 2.76 bits per heavy atom. The number of rotatable bonds is 6. The number of nitrogens with zero attached hydrogens (tertiary/aromatic N) is 5. The van der Waals surface area contributed by atoms with E-state index in [1.54, 1.807) is 23.9 Å². The summed E-state index contributed by atoms with van der Waals surface area (Å²) in [6.07, 6.45) is 1.50. The highest BCUT2D eigenvalue weighted by molar-refractivity contribution is 7.90. The standard InChI is InChI=1S/C22H26N6O4S/c1-14-11-15(2)23-21-20(14)22(25-28(21)4)32-13-19(29)24-16-7-5-8-17(12-16)33(30,31)26-18-9-6-10-27(18)3/h5,7-8,11-12H,6,9-10,13H2,1-4H3,(H,24,29)/b26-18+. The first kappa shape index (κ1) is 22.7. The summed E-state index contributed by atoms with van der Waals surface area (Å²) in [5, 5.41) is 7.74. The van der Waals surface area contributed by atoms with Crippen LogP contribution < -0.4 is 10.1 Å². The van der Waals surface area contributed by atoms with Crippen LogP contribution in [0.1, 0.15) is 24.1 Å². The number of carbonyl (C=O) groups excluding carboxylic acids is 1. The van der Waals surface area contributed by atoms with Crippen molar-refractivity contribution in [3.63, 3.8) is 0 Å². The Labute approximate surface area is 192 Å². The number of hydrogen-bond acceptors (Lipinski definition) is 6. The van der Waals surface area contributed by atoms with Crippen molar-refractivity contribution in [2.24, 2.45) is 11.4 Å². The summed E-state index contributed by atoms with van der Waals surface area (Å²) in [5.41, 5.74) is 2.83. The predicted octanol–water partition coefficient (Wildman–Crippen LogP) is 2.42. The minimum atomic E-state index is -3.88. The molecule has 1 N–H and O–H groups in total. The molecule has 1 aliphatic heterocycles. The average molecular weight is 471 g/mol. The van der Waals surface area contributed by atoms with Gasteiger partial charge in [-0.2, -0.15) is 8.42 Å². The number of pyridine rings is 1. The molecule has 1 saturated heterocycles. The number of aryl methyl sites for hydroxylation is 3. The fraction of sp³-hybridized carbons (Fsp3) is 0.364. The molecule has 0 unspecified atom stereocenters. The van der Waals surface area contributed by atoms with Gasteiger partial charge in [-0.05, 0) is 50.1 Å². The van der Waals surface area contributed by atoms with Gasteiger partial charge in [0.15, 0.2) is 12.3 Å². The molecule has 3 heterocycles. The van der Waals surface area contributed by atoms with Gasteiger partial charge in [0.2, 0.25) is 5.88 Å². The molecule has 2 aromatic heterocycles. The second-order valence-electron chi connectivity index (χ2n) is 8.08. The SMILES string of the molecule is Cc1cc(C)c2c(OCC(=O)Nc3cccc(S(=O)(=O)/N=C4\CCCN4C)c3)nn(C)c2n1. The Balaban J connectivity index is 1.46. The molecule has 0 spiro atoms. The maximum atomic E-state index is 12.7. The van der Waals surface area contributed by atoms with E-state index in [9.17, 15) is 13.2 Å². The first-order chi connectivity index (χ1) is 15.6. The summed E-state index contributed by atoms with van der Waals surface area (Å²) < 4.78 is 36.6. The number of anilines is 1. The fourth-order valence-corrected chi connectivity index (χ4v) is 4.96. The van der Waals surface area contributed by atoms with Crippen molar-refractivity contribution in [2.75, 3.05) is 25.5 Å². The van der Waals surface area contributed by atoms with Crippen molar-refractivity contribution in [1.29, 1.82) is 0 Å². The van der Waals surface area contributed by atoms with E-state index in [4.69, 9.17) is 4.74 Å². The minimum absolute atomic E-state index is 0.0156. The van der Waals surface area contributed by atoms with E-state index in [0.29, 0.717) is 29.5 Å². The van der Waals surface area contributed by atoms with Crippen LogP contribution in [-0.4, -0.2) is 60.0 Å². The lowest BCUT2D eigenvalue weighted by Gasteiger charge is -2.11. The summed E-state index contributed by atoms with van der Waals surface area (Å²) in [7, 11) is -0.291. The van der Waals surface area contributed by atoms with Crippen LogP contribution in [0.15, 0.2) is 39.6 Å². The van der Waals surface area contributed by atoms with Gasteiger partial charge in [0.1, 0.15) is 5.84 Å². The second kappa shape index (κ2) is 8.81. The van der Waals surface area contributed by atoms with Crippen LogP contribution in [0.25, 0.3) is 11.0 Å². The summed E-state index contributed by atoms with van der Waals surface area (Å²) in [5.74, 6) is 0.420. The molecule has 0 aliphatic carbocycles. The van der Waals surface area contributed by atoms with Crippen LogP contribution in [0.2, 0.25) is 0 Å². The van der Waals surface area contributed by atoms with Crippen molar-refractivity contribution in [1.82, 2.24) is 19.7 Å². The third-order valence-corrected chi connectivity index (χ3v) is 6.70. The van der Waals surface area contributed by atoms with E-state index in [1.165, 1.54) is 12.1 Å². The van der Waals surface area contributed by atoms with Crippen LogP contribution >= 0.6 is 0 Å². The molecule has 1 aliphatic rings. The van der Waals surface area contributed by atoms with Gasteiger partial charge in [-0.3, -0.25) is 4.79 Å². The van der Waals surface area contributed by atoms with Gasteiger partial charge in [-0.15, -0.1) is 9.50 Å². The van der Waals surface area contributed by atoms with E-state index < -0.39 is 15.9 Å². The highest BCUT2D eigenvalue weighted by atomic mass is 32.2. The van der Waals surface area contributed by atoms with Gasteiger partial charge in [0.25, 0.3) is 15.9 Å². The van der Waals surface area contributed by atoms with E-state index in [0.717, 1.165) is 29.6 Å². The first-order valence-electron chi connectivity index (χ1n) is 10.5. The lowest BCUT2D eigenvalue weighted by Crippen LogP contribution is -2.21. The molecule has 1 aromatic carbocycles. The highest BCUT2D eigenvalue weighted by Crippen LogP contribution is 2.27. The molecule has 1 fully saturated rings. The molecule has 3 aromatic rings. The molecular weight excluding hydrogens is 444 g/mol. The number of amidine groups is 1. The average Bonchev–Trinajstić information content (AvgIpc) is 3.29. The lowest BCUT2D eigenvalue weighted by molar-refractivity contribution is -0.118. The number of benzene rings is 1. The molecule has 174 valence electrons. The van der Waals surface area contributed by atoms with Crippen molar-refractivity contribution in [2.45, 2.75) is 31.6 Å². The van der Waals surface area contributed by atoms with Crippen LogP contribution in [-0.2, 0) is 21.9 Å². The Morgan fingerprint density at radius 1 is 1.24 bits per heavy atom. The van der Waals surface area contributed by atoms with Crippen LogP contribution in [0.3, 0.4) is 0 Å². The lowest BCUT2D eigenvalue weighted by atomic mass is 10.2. The number of likely N-dealkylation sites (tertiary alicyclic amines) is 1. The van der Waals surface area contributed by atoms with Crippen LogP contribution in [0.5, 0.6) is 5.88 Å². The van der Waals surface area contributed by atoms with E-state index >= 15 is 0 Å². The quantitative estimate of drug-likeness (QED) is 0.588. The Bertz CT molecular complexity index is 1360. The van der Waals surface area contributed by atoms with Gasteiger partial charge in [0.05, 0.1) is 10.3 Å². The number of amides is 1. The molecule has 4 rings (SSSR count). The fourth-order valence-electron chi connectivity index (χ4n) is 3.82. The molecule has 11 heteroatoms. The maximum absolute atomic E-state index is 12.7. The van der Waals surface area contributed by atoms with E-state index in [1.807, 2.05) is 31.9 Å². The van der Waals surface area contributed by atoms with Crippen molar-refractivity contribution in [3.8, 4) is 5.88 Å². The normalized spacial score (nSPS) is 15.4. The minimum Gasteiger partial charge on any atom is -0.466 e. The highest BCUT2D eigenvalue weighted by Gasteiger charge is 2.21. The van der Waals surface area contributed by atoms with E-state index in [-0.39, 0.29) is 11.5 Å². The van der Waals surface area contributed by atoms with Gasteiger partial charge < -0.3 is 15.0 Å². The smallest absolute Gasteiger partial charge is 0.284 e. The molecule has 0 atom stereocenters. The number of aromatic nitrogens is 3. The zero-order valence-corrected chi connectivity index (χ0v) is 19.8. The van der Waals surface area contributed by atoms with Gasteiger partial charge in [-0.1, -0.05) is 6.07 Å². The van der Waals surface area contributed by atoms with E-state index in [2.05, 4.69) is 19.8 Å². The Morgan fingerprint density at radius 2 is 2.03 bits per heavy atom. The number of sulfonamides is 1. The van der Waals surface area contributed by atoms with Crippen molar-refractivity contribution < 1.29 is 17.9 Å². The largest absolute Gasteiger partial charge is 0.466 e. The third kappa shape index (κ3) is 4.82. The summed E-state index contributed by atoms with van der Waals surface area (Å²) in [6.45, 7) is 4.33. The monoisotopic (exact) mass is 470 g/mol. The Kier molecular flexibility index (Phi) is 6.07. The first-order valence-corrected chi connectivity index (χ1v) is 12.0. The number of carbonyl (C=O) groups is 1. The second-order valence-corrected chi connectivity index (χ2v) is 9.68.